The van der Waals surface area contributed by atoms with E-state index in [1.54, 1.807) is 19.5 Å². The van der Waals surface area contributed by atoms with E-state index in [1.165, 1.54) is 0 Å². The molecule has 6 aromatic rings. The highest BCUT2D eigenvalue weighted by Crippen LogP contribution is 2.51. The van der Waals surface area contributed by atoms with Crippen LogP contribution < -0.4 is 15.0 Å². The van der Waals surface area contributed by atoms with Crippen LogP contribution in [0.1, 0.15) is 46.9 Å². The number of hydrogen-bond acceptors (Lipinski definition) is 6. The Hall–Kier alpha value is -5.16. The van der Waals surface area contributed by atoms with Gasteiger partial charge in [0.05, 0.1) is 48.8 Å². The number of H-pyrrole nitrogens is 1. The SMILES string of the molecule is COc1ccc(N2CCC(N3CCCOC3=O)CC2)c(NC(=O)c2[nH]c3cc(Cl)cc4c3c2-c2c(-c3ccccc3)ncn2C4c2ccc(Cl)cc2Cl)c1. The van der Waals surface area contributed by atoms with Crippen LogP contribution in [0.25, 0.3) is 33.4 Å². The molecule has 2 N–H and O–H groups in total. The maximum absolute atomic E-state index is 14.8. The fraction of sp³-hybridized carbons (Fsp3) is 0.244. The second-order valence-electron chi connectivity index (χ2n) is 13.8. The fourth-order valence-corrected chi connectivity index (χ4v) is 9.01. The molecular weight excluding hydrogens is 747 g/mol. The zero-order valence-electron chi connectivity index (χ0n) is 29.2. The third kappa shape index (κ3) is 5.93. The highest BCUT2D eigenvalue weighted by molar-refractivity contribution is 6.35. The van der Waals surface area contributed by atoms with Crippen molar-refractivity contribution in [1.29, 1.82) is 0 Å². The summed E-state index contributed by atoms with van der Waals surface area (Å²) in [6, 6.07) is 24.6. The summed E-state index contributed by atoms with van der Waals surface area (Å²) < 4.78 is 13.0. The number of piperidine rings is 1. The zero-order valence-corrected chi connectivity index (χ0v) is 31.5. The van der Waals surface area contributed by atoms with Gasteiger partial charge in [-0.05, 0) is 66.8 Å². The molecule has 13 heteroatoms. The van der Waals surface area contributed by atoms with Crippen LogP contribution in [-0.4, -0.2) is 70.8 Å². The molecule has 2 aromatic heterocycles. The number of methoxy groups -OCH3 is 1. The molecule has 274 valence electrons. The summed E-state index contributed by atoms with van der Waals surface area (Å²) >= 11 is 20.1. The number of carbonyl (C=O) groups is 2. The van der Waals surface area contributed by atoms with Gasteiger partial charge in [0.1, 0.15) is 11.4 Å². The normalized spacial score (nSPS) is 17.0. The molecule has 0 saturated carbocycles. The molecule has 2 saturated heterocycles. The zero-order chi connectivity index (χ0) is 37.1. The minimum atomic E-state index is -0.408. The van der Waals surface area contributed by atoms with E-state index in [0.717, 1.165) is 58.4 Å². The van der Waals surface area contributed by atoms with Gasteiger partial charge in [0.15, 0.2) is 0 Å². The number of imidazole rings is 1. The number of halogens is 3. The molecule has 5 heterocycles. The minimum absolute atomic E-state index is 0.112. The molecule has 54 heavy (non-hydrogen) atoms. The number of carbonyl (C=O) groups excluding carboxylic acids is 2. The van der Waals surface area contributed by atoms with Crippen molar-refractivity contribution >= 4 is 69.1 Å². The van der Waals surface area contributed by atoms with Gasteiger partial charge in [0.25, 0.3) is 5.91 Å². The number of fused-ring (bicyclic) bond motifs is 2. The molecular formula is C41H35Cl3N6O4. The highest BCUT2D eigenvalue weighted by atomic mass is 35.5. The minimum Gasteiger partial charge on any atom is -0.497 e. The fourth-order valence-electron chi connectivity index (χ4n) is 8.27. The van der Waals surface area contributed by atoms with Crippen molar-refractivity contribution in [3.8, 4) is 28.3 Å². The first-order valence-corrected chi connectivity index (χ1v) is 19.0. The lowest BCUT2D eigenvalue weighted by Crippen LogP contribution is -2.50. The Morgan fingerprint density at radius 1 is 0.944 bits per heavy atom. The molecule has 4 aromatic carbocycles. The van der Waals surface area contributed by atoms with Crippen molar-refractivity contribution in [2.24, 2.45) is 0 Å². The van der Waals surface area contributed by atoms with Crippen LogP contribution in [0.15, 0.2) is 85.2 Å². The van der Waals surface area contributed by atoms with E-state index in [4.69, 9.17) is 49.3 Å². The maximum Gasteiger partial charge on any atom is 0.410 e. The lowest BCUT2D eigenvalue weighted by atomic mass is 9.87. The Balaban J connectivity index is 1.14. The van der Waals surface area contributed by atoms with Gasteiger partial charge in [0.2, 0.25) is 0 Å². The van der Waals surface area contributed by atoms with Crippen LogP contribution in [-0.2, 0) is 4.74 Å². The van der Waals surface area contributed by atoms with Crippen molar-refractivity contribution in [2.45, 2.75) is 31.3 Å². The average Bonchev–Trinajstić information content (AvgIpc) is 3.79. The molecule has 10 nitrogen and oxygen atoms in total. The lowest BCUT2D eigenvalue weighted by molar-refractivity contribution is 0.0499. The van der Waals surface area contributed by atoms with Crippen molar-refractivity contribution in [3.05, 3.63) is 117 Å². The average molecular weight is 782 g/mol. The predicted octanol–water partition coefficient (Wildman–Crippen LogP) is 9.68. The number of aromatic amines is 1. The largest absolute Gasteiger partial charge is 0.497 e. The van der Waals surface area contributed by atoms with Crippen molar-refractivity contribution in [3.63, 3.8) is 0 Å². The summed E-state index contributed by atoms with van der Waals surface area (Å²) in [5.74, 6) is 0.276. The molecule has 1 unspecified atom stereocenters. The Labute approximate surface area is 326 Å². The number of nitrogens with one attached hydrogen (secondary N) is 2. The monoisotopic (exact) mass is 780 g/mol. The van der Waals surface area contributed by atoms with Crippen LogP contribution in [0.4, 0.5) is 16.2 Å². The Kier molecular flexibility index (Phi) is 8.92. The van der Waals surface area contributed by atoms with Gasteiger partial charge in [0, 0.05) is 68.8 Å². The smallest absolute Gasteiger partial charge is 0.410 e. The molecule has 3 aliphatic rings. The second-order valence-corrected chi connectivity index (χ2v) is 15.1. The van der Waals surface area contributed by atoms with Crippen LogP contribution in [0, 0.1) is 0 Å². The Morgan fingerprint density at radius 3 is 2.52 bits per heavy atom. The maximum atomic E-state index is 14.8. The molecule has 0 spiro atoms. The summed E-state index contributed by atoms with van der Waals surface area (Å²) in [6.45, 7) is 2.60. The van der Waals surface area contributed by atoms with E-state index in [2.05, 4.69) is 19.8 Å². The van der Waals surface area contributed by atoms with Gasteiger partial charge in [-0.15, -0.1) is 0 Å². The van der Waals surface area contributed by atoms with Gasteiger partial charge in [-0.2, -0.15) is 0 Å². The van der Waals surface area contributed by atoms with Gasteiger partial charge in [-0.1, -0.05) is 71.2 Å². The molecule has 0 bridgehead atoms. The number of benzene rings is 4. The van der Waals surface area contributed by atoms with Gasteiger partial charge in [-0.25, -0.2) is 9.78 Å². The van der Waals surface area contributed by atoms with Gasteiger partial charge < -0.3 is 34.1 Å². The van der Waals surface area contributed by atoms with E-state index in [1.807, 2.05) is 77.7 Å². The number of anilines is 2. The number of aromatic nitrogens is 3. The van der Waals surface area contributed by atoms with Crippen molar-refractivity contribution in [2.75, 3.05) is 43.6 Å². The second kappa shape index (κ2) is 13.9. The van der Waals surface area contributed by atoms with E-state index in [9.17, 15) is 9.59 Å². The summed E-state index contributed by atoms with van der Waals surface area (Å²) in [4.78, 5) is 39.8. The summed E-state index contributed by atoms with van der Waals surface area (Å²) in [7, 11) is 1.60. The molecule has 9 rings (SSSR count). The van der Waals surface area contributed by atoms with Crippen LogP contribution in [0.5, 0.6) is 5.75 Å². The van der Waals surface area contributed by atoms with E-state index in [-0.39, 0.29) is 18.0 Å². The third-order valence-corrected chi connectivity index (χ3v) is 11.5. The number of hydrogen-bond donors (Lipinski definition) is 2. The molecule has 3 aliphatic heterocycles. The third-order valence-electron chi connectivity index (χ3n) is 10.7. The first-order valence-electron chi connectivity index (χ1n) is 17.9. The first kappa shape index (κ1) is 34.6. The number of amides is 2. The highest BCUT2D eigenvalue weighted by Gasteiger charge is 2.37. The molecule has 2 amide bonds. The quantitative estimate of drug-likeness (QED) is 0.167. The Morgan fingerprint density at radius 2 is 1.76 bits per heavy atom. The van der Waals surface area contributed by atoms with E-state index >= 15 is 0 Å². The van der Waals surface area contributed by atoms with E-state index in [0.29, 0.717) is 69.5 Å². The lowest BCUT2D eigenvalue weighted by Gasteiger charge is -2.40. The van der Waals surface area contributed by atoms with Crippen molar-refractivity contribution in [1.82, 2.24) is 19.4 Å². The standard InChI is InChI=1S/C41H35Cl3N6O4/c1-53-27-9-11-33(48-15-12-26(13-16-48)49-14-5-17-54-41(49)52)31(21-27)47-40(51)37-35-34-29(18-25(43)20-32(34)46-37)38(28-10-8-24(42)19-30(28)44)50-22-45-36(39(35)50)23-6-3-2-4-7-23/h2-4,6-11,18-22,26,38,46H,5,12-17H2,1H3,(H,47,51). The molecule has 0 radical (unpaired) electrons. The molecule has 1 atom stereocenters. The summed E-state index contributed by atoms with van der Waals surface area (Å²) in [5, 5.41) is 5.64. The van der Waals surface area contributed by atoms with Crippen LogP contribution in [0.3, 0.4) is 0 Å². The van der Waals surface area contributed by atoms with Crippen molar-refractivity contribution < 1.29 is 19.1 Å². The summed E-state index contributed by atoms with van der Waals surface area (Å²) in [5.41, 5.74) is 7.36. The Bertz CT molecular complexity index is 2440. The van der Waals surface area contributed by atoms with Gasteiger partial charge >= 0.3 is 6.09 Å². The van der Waals surface area contributed by atoms with E-state index < -0.39 is 6.04 Å². The van der Waals surface area contributed by atoms with Crippen LogP contribution in [0.2, 0.25) is 15.1 Å². The summed E-state index contributed by atoms with van der Waals surface area (Å²) in [6.07, 6.45) is 3.98. The topological polar surface area (TPSA) is 105 Å². The van der Waals surface area contributed by atoms with Gasteiger partial charge in [-0.3, -0.25) is 4.79 Å². The molecule has 2 fully saturated rings. The first-order chi connectivity index (χ1) is 26.3. The number of rotatable bonds is 7. The number of cyclic esters (lactones) is 1. The predicted molar refractivity (Wildman–Crippen MR) is 213 cm³/mol. The van der Waals surface area contributed by atoms with Crippen LogP contribution >= 0.6 is 34.8 Å². The molecule has 0 aliphatic carbocycles. The number of nitrogens with zero attached hydrogens (tertiary/aromatic N) is 4. The number of ether oxygens (including phenoxy) is 2.